The van der Waals surface area contributed by atoms with Gasteiger partial charge < -0.3 is 10.6 Å². The Morgan fingerprint density at radius 1 is 1.44 bits per heavy atom. The molecule has 1 heterocycles. The molecule has 0 saturated carbocycles. The van der Waals surface area contributed by atoms with Crippen LogP contribution in [0.2, 0.25) is 0 Å². The van der Waals surface area contributed by atoms with Gasteiger partial charge in [0.25, 0.3) is 0 Å². The smallest absolute Gasteiger partial charge is 0.222 e. The number of carbonyl (C=O) groups is 1. The first-order valence-electron chi connectivity index (χ1n) is 5.47. The second-order valence-corrected chi connectivity index (χ2v) is 4.99. The molecule has 1 aromatic rings. The van der Waals surface area contributed by atoms with Gasteiger partial charge in [0.2, 0.25) is 5.91 Å². The molecule has 0 radical (unpaired) electrons. The van der Waals surface area contributed by atoms with Gasteiger partial charge in [-0.3, -0.25) is 4.79 Å². The Morgan fingerprint density at radius 2 is 2.19 bits per heavy atom. The van der Waals surface area contributed by atoms with Crippen molar-refractivity contribution in [3.05, 3.63) is 28.7 Å². The van der Waals surface area contributed by atoms with Crippen LogP contribution in [0.25, 0.3) is 0 Å². The maximum Gasteiger partial charge on any atom is 0.222 e. The summed E-state index contributed by atoms with van der Waals surface area (Å²) in [4.78, 5) is 13.4. The van der Waals surface area contributed by atoms with Gasteiger partial charge in [-0.2, -0.15) is 0 Å². The number of amides is 1. The molecule has 16 heavy (non-hydrogen) atoms. The number of rotatable bonds is 2. The molecule has 2 N–H and O–H groups in total. The molecule has 1 saturated heterocycles. The highest BCUT2D eigenvalue weighted by molar-refractivity contribution is 9.10. The number of benzene rings is 1. The topological polar surface area (TPSA) is 46.3 Å². The highest BCUT2D eigenvalue weighted by atomic mass is 79.9. The number of nitrogens with zero attached hydrogens (tertiary/aromatic N) is 1. The number of para-hydroxylation sites is 1. The number of halogens is 1. The van der Waals surface area contributed by atoms with Gasteiger partial charge in [0, 0.05) is 17.6 Å². The number of anilines is 1. The number of nitrogens with two attached hydrogens (primary N) is 1. The number of piperidine rings is 1. The van der Waals surface area contributed by atoms with Crippen LogP contribution in [0.1, 0.15) is 12.8 Å². The van der Waals surface area contributed by atoms with E-state index in [0.717, 1.165) is 36.1 Å². The molecule has 86 valence electrons. The molecule has 0 aliphatic carbocycles. The van der Waals surface area contributed by atoms with E-state index in [1.54, 1.807) is 0 Å². The van der Waals surface area contributed by atoms with E-state index in [4.69, 9.17) is 5.73 Å². The number of primary amides is 1. The first kappa shape index (κ1) is 11.5. The molecule has 1 atom stereocenters. The third-order valence-electron chi connectivity index (χ3n) is 3.02. The molecule has 0 bridgehead atoms. The molecule has 2 rings (SSSR count). The van der Waals surface area contributed by atoms with Crippen molar-refractivity contribution in [2.45, 2.75) is 12.8 Å². The van der Waals surface area contributed by atoms with Crippen molar-refractivity contribution in [1.29, 1.82) is 0 Å². The average Bonchev–Trinajstić information content (AvgIpc) is 2.30. The normalized spacial score (nSPS) is 20.8. The van der Waals surface area contributed by atoms with Crippen LogP contribution in [0.3, 0.4) is 0 Å². The predicted molar refractivity (Wildman–Crippen MR) is 68.3 cm³/mol. The fourth-order valence-corrected chi connectivity index (χ4v) is 2.67. The third-order valence-corrected chi connectivity index (χ3v) is 3.69. The lowest BCUT2D eigenvalue weighted by molar-refractivity contribution is -0.122. The second-order valence-electron chi connectivity index (χ2n) is 4.14. The van der Waals surface area contributed by atoms with Crippen LogP contribution in [0.4, 0.5) is 5.69 Å². The summed E-state index contributed by atoms with van der Waals surface area (Å²) in [5.41, 5.74) is 6.51. The van der Waals surface area contributed by atoms with Gasteiger partial charge in [-0.05, 0) is 40.9 Å². The molecule has 1 fully saturated rings. The lowest BCUT2D eigenvalue weighted by Crippen LogP contribution is -2.41. The van der Waals surface area contributed by atoms with E-state index in [2.05, 4.69) is 26.9 Å². The Kier molecular flexibility index (Phi) is 3.49. The van der Waals surface area contributed by atoms with Crippen LogP contribution in [-0.2, 0) is 4.79 Å². The molecular weight excluding hydrogens is 268 g/mol. The zero-order valence-electron chi connectivity index (χ0n) is 9.03. The lowest BCUT2D eigenvalue weighted by Gasteiger charge is -2.33. The van der Waals surface area contributed by atoms with E-state index in [1.807, 2.05) is 18.2 Å². The summed E-state index contributed by atoms with van der Waals surface area (Å²) >= 11 is 3.53. The van der Waals surface area contributed by atoms with E-state index < -0.39 is 0 Å². The van der Waals surface area contributed by atoms with E-state index in [-0.39, 0.29) is 11.8 Å². The van der Waals surface area contributed by atoms with Crippen molar-refractivity contribution in [3.63, 3.8) is 0 Å². The zero-order valence-corrected chi connectivity index (χ0v) is 10.6. The fourth-order valence-electron chi connectivity index (χ4n) is 2.14. The Balaban J connectivity index is 2.16. The molecule has 3 nitrogen and oxygen atoms in total. The van der Waals surface area contributed by atoms with Crippen LogP contribution in [-0.4, -0.2) is 19.0 Å². The second kappa shape index (κ2) is 4.87. The summed E-state index contributed by atoms with van der Waals surface area (Å²) in [5, 5.41) is 0. The molecule has 1 aromatic carbocycles. The summed E-state index contributed by atoms with van der Waals surface area (Å²) in [6.45, 7) is 1.73. The monoisotopic (exact) mass is 282 g/mol. The van der Waals surface area contributed by atoms with E-state index in [0.29, 0.717) is 0 Å². The minimum absolute atomic E-state index is 0.0131. The van der Waals surface area contributed by atoms with Gasteiger partial charge >= 0.3 is 0 Å². The van der Waals surface area contributed by atoms with Crippen LogP contribution in [0, 0.1) is 5.92 Å². The molecule has 4 heteroatoms. The first-order chi connectivity index (χ1) is 7.68. The Bertz CT molecular complexity index is 394. The van der Waals surface area contributed by atoms with Gasteiger partial charge in [0.1, 0.15) is 0 Å². The highest BCUT2D eigenvalue weighted by Crippen LogP contribution is 2.29. The van der Waals surface area contributed by atoms with Crippen molar-refractivity contribution < 1.29 is 4.79 Å². The van der Waals surface area contributed by atoms with Crippen molar-refractivity contribution in [3.8, 4) is 0 Å². The van der Waals surface area contributed by atoms with Crippen LogP contribution < -0.4 is 10.6 Å². The predicted octanol–water partition coefficient (Wildman–Crippen LogP) is 2.15. The summed E-state index contributed by atoms with van der Waals surface area (Å²) in [6, 6.07) is 8.08. The largest absolute Gasteiger partial charge is 0.370 e. The van der Waals surface area contributed by atoms with Gasteiger partial charge in [0.15, 0.2) is 0 Å². The summed E-state index contributed by atoms with van der Waals surface area (Å²) in [7, 11) is 0. The van der Waals surface area contributed by atoms with Crippen molar-refractivity contribution in [2.24, 2.45) is 11.7 Å². The number of carbonyl (C=O) groups excluding carboxylic acids is 1. The first-order valence-corrected chi connectivity index (χ1v) is 6.26. The lowest BCUT2D eigenvalue weighted by atomic mass is 9.97. The van der Waals surface area contributed by atoms with Crippen LogP contribution in [0.5, 0.6) is 0 Å². The zero-order chi connectivity index (χ0) is 11.5. The molecule has 1 aliphatic heterocycles. The highest BCUT2D eigenvalue weighted by Gasteiger charge is 2.24. The summed E-state index contributed by atoms with van der Waals surface area (Å²) < 4.78 is 1.07. The van der Waals surface area contributed by atoms with Crippen LogP contribution in [0.15, 0.2) is 28.7 Å². The van der Waals surface area contributed by atoms with E-state index in [1.165, 1.54) is 0 Å². The molecule has 0 aromatic heterocycles. The Labute approximate surface area is 104 Å². The number of hydrogen-bond acceptors (Lipinski definition) is 2. The quantitative estimate of drug-likeness (QED) is 0.904. The van der Waals surface area contributed by atoms with Crippen molar-refractivity contribution in [1.82, 2.24) is 0 Å². The Hall–Kier alpha value is -1.03. The van der Waals surface area contributed by atoms with Gasteiger partial charge in [-0.15, -0.1) is 0 Å². The summed E-state index contributed by atoms with van der Waals surface area (Å²) in [6.07, 6.45) is 1.94. The average molecular weight is 283 g/mol. The van der Waals surface area contributed by atoms with Crippen molar-refractivity contribution >= 4 is 27.5 Å². The minimum Gasteiger partial charge on any atom is -0.370 e. The SMILES string of the molecule is NC(=O)C1CCCN(c2ccccc2Br)C1. The van der Waals surface area contributed by atoms with Gasteiger partial charge in [0.05, 0.1) is 11.6 Å². The van der Waals surface area contributed by atoms with Gasteiger partial charge in [-0.25, -0.2) is 0 Å². The van der Waals surface area contributed by atoms with Gasteiger partial charge in [-0.1, -0.05) is 12.1 Å². The standard InChI is InChI=1S/C12H15BrN2O/c13-10-5-1-2-6-11(10)15-7-3-4-9(8-15)12(14)16/h1-2,5-6,9H,3-4,7-8H2,(H2,14,16). The van der Waals surface area contributed by atoms with Crippen LogP contribution >= 0.6 is 15.9 Å². The third kappa shape index (κ3) is 2.38. The summed E-state index contributed by atoms with van der Waals surface area (Å²) in [5.74, 6) is -0.197. The maximum atomic E-state index is 11.2. The van der Waals surface area contributed by atoms with E-state index in [9.17, 15) is 4.79 Å². The molecule has 1 unspecified atom stereocenters. The number of hydrogen-bond donors (Lipinski definition) is 1. The van der Waals surface area contributed by atoms with E-state index >= 15 is 0 Å². The minimum atomic E-state index is -0.184. The molecular formula is C12H15BrN2O. The maximum absolute atomic E-state index is 11.2. The Morgan fingerprint density at radius 3 is 2.88 bits per heavy atom. The molecule has 1 amide bonds. The molecule has 0 spiro atoms. The van der Waals surface area contributed by atoms with Crippen molar-refractivity contribution in [2.75, 3.05) is 18.0 Å². The molecule has 1 aliphatic rings. The fraction of sp³-hybridized carbons (Fsp3) is 0.417.